The largest absolute Gasteiger partial charge is 0.508 e. The van der Waals surface area contributed by atoms with Gasteiger partial charge < -0.3 is 5.11 Å². The molecule has 1 aromatic carbocycles. The van der Waals surface area contributed by atoms with Gasteiger partial charge >= 0.3 is 0 Å². The topological polar surface area (TPSA) is 66.7 Å². The first-order valence-electron chi connectivity index (χ1n) is 3.88. The van der Waals surface area contributed by atoms with Crippen LogP contribution in [0.15, 0.2) is 23.4 Å². The Morgan fingerprint density at radius 1 is 1.54 bits per heavy atom. The zero-order valence-electron chi connectivity index (χ0n) is 7.15. The van der Waals surface area contributed by atoms with Crippen LogP contribution >= 0.6 is 0 Å². The summed E-state index contributed by atoms with van der Waals surface area (Å²) in [6.07, 6.45) is 0.284. The maximum Gasteiger partial charge on any atom is 0.165 e. The van der Waals surface area contributed by atoms with Gasteiger partial charge in [0.1, 0.15) is 11.4 Å². The second-order valence-corrected chi connectivity index (χ2v) is 2.57. The Morgan fingerprint density at radius 2 is 2.23 bits per heavy atom. The molecule has 0 fully saturated rings. The fourth-order valence-electron chi connectivity index (χ4n) is 1.02. The minimum atomic E-state index is -0.203. The highest BCUT2D eigenvalue weighted by molar-refractivity contribution is 6.00. The summed E-state index contributed by atoms with van der Waals surface area (Å²) in [4.78, 5) is 21.5. The molecule has 1 rings (SSSR count). The molecular weight excluding hydrogens is 170 g/mol. The molecule has 0 aliphatic heterocycles. The van der Waals surface area contributed by atoms with E-state index in [1.165, 1.54) is 18.2 Å². The van der Waals surface area contributed by atoms with Crippen molar-refractivity contribution in [3.05, 3.63) is 28.7 Å². The molecular formula is C9H9NO3. The zero-order chi connectivity index (χ0) is 9.84. The van der Waals surface area contributed by atoms with Crippen molar-refractivity contribution in [2.75, 3.05) is 0 Å². The molecule has 68 valence electrons. The second kappa shape index (κ2) is 3.80. The Labute approximate surface area is 75.2 Å². The quantitative estimate of drug-likeness (QED) is 0.572. The van der Waals surface area contributed by atoms with Crippen LogP contribution in [0.2, 0.25) is 0 Å². The lowest BCUT2D eigenvalue weighted by Crippen LogP contribution is -1.96. The number of ketones is 1. The van der Waals surface area contributed by atoms with Crippen LogP contribution < -0.4 is 0 Å². The number of nitrogens with zero attached hydrogens (tertiary/aromatic N) is 1. The van der Waals surface area contributed by atoms with Crippen molar-refractivity contribution >= 4 is 11.5 Å². The van der Waals surface area contributed by atoms with Crippen LogP contribution in [0.4, 0.5) is 5.69 Å². The highest BCUT2D eigenvalue weighted by Crippen LogP contribution is 2.24. The van der Waals surface area contributed by atoms with Crippen molar-refractivity contribution in [3.63, 3.8) is 0 Å². The van der Waals surface area contributed by atoms with Gasteiger partial charge in [0.15, 0.2) is 5.78 Å². The molecule has 0 atom stereocenters. The number of hydrogen-bond donors (Lipinski definition) is 1. The highest BCUT2D eigenvalue weighted by atomic mass is 16.3. The maximum atomic E-state index is 11.2. The Morgan fingerprint density at radius 3 is 2.77 bits per heavy atom. The van der Waals surface area contributed by atoms with Gasteiger partial charge in [0.05, 0.1) is 5.56 Å². The SMILES string of the molecule is CCC(=O)c1cc(O)ccc1N=O. The predicted molar refractivity (Wildman–Crippen MR) is 48.2 cm³/mol. The number of nitroso groups, excluding NO2 is 1. The van der Waals surface area contributed by atoms with Crippen LogP contribution in [0.5, 0.6) is 5.75 Å². The second-order valence-electron chi connectivity index (χ2n) is 2.57. The van der Waals surface area contributed by atoms with Gasteiger partial charge in [-0.25, -0.2) is 0 Å². The van der Waals surface area contributed by atoms with Crippen molar-refractivity contribution < 1.29 is 9.90 Å². The standard InChI is InChI=1S/C9H9NO3/c1-2-9(12)7-5-6(11)3-4-8(7)10-13/h3-5,11H,2H2,1H3. The smallest absolute Gasteiger partial charge is 0.165 e. The number of carbonyl (C=O) groups excluding carboxylic acids is 1. The number of phenols is 1. The summed E-state index contributed by atoms with van der Waals surface area (Å²) in [6, 6.07) is 3.90. The summed E-state index contributed by atoms with van der Waals surface area (Å²) < 4.78 is 0. The van der Waals surface area contributed by atoms with Crippen LogP contribution in [-0.2, 0) is 0 Å². The van der Waals surface area contributed by atoms with Gasteiger partial charge in [-0.05, 0) is 23.4 Å². The van der Waals surface area contributed by atoms with Gasteiger partial charge in [-0.15, -0.1) is 4.91 Å². The number of Topliss-reactive ketones (excluding diaryl/α,β-unsaturated/α-hetero) is 1. The maximum absolute atomic E-state index is 11.2. The normalized spacial score (nSPS) is 9.62. The Hall–Kier alpha value is -1.71. The van der Waals surface area contributed by atoms with E-state index in [0.29, 0.717) is 0 Å². The fraction of sp³-hybridized carbons (Fsp3) is 0.222. The van der Waals surface area contributed by atoms with Crippen LogP contribution in [-0.4, -0.2) is 10.9 Å². The molecule has 4 heteroatoms. The molecule has 0 bridgehead atoms. The molecule has 0 aliphatic carbocycles. The van der Waals surface area contributed by atoms with Gasteiger partial charge in [0, 0.05) is 6.42 Å². The molecule has 0 radical (unpaired) electrons. The van der Waals surface area contributed by atoms with Gasteiger partial charge in [0.2, 0.25) is 0 Å². The lowest BCUT2D eigenvalue weighted by molar-refractivity contribution is 0.0988. The summed E-state index contributed by atoms with van der Waals surface area (Å²) in [5, 5.41) is 11.8. The van der Waals surface area contributed by atoms with Gasteiger partial charge in [-0.1, -0.05) is 6.92 Å². The Bertz CT molecular complexity index is 347. The first kappa shape index (κ1) is 9.38. The third-order valence-electron chi connectivity index (χ3n) is 1.70. The molecule has 13 heavy (non-hydrogen) atoms. The fourth-order valence-corrected chi connectivity index (χ4v) is 1.02. The number of hydrogen-bond acceptors (Lipinski definition) is 4. The number of phenolic OH excluding ortho intramolecular Hbond substituents is 1. The van der Waals surface area contributed by atoms with Crippen molar-refractivity contribution in [1.82, 2.24) is 0 Å². The molecule has 0 saturated carbocycles. The minimum absolute atomic E-state index is 0.0378. The van der Waals surface area contributed by atoms with Gasteiger partial charge in [0.25, 0.3) is 0 Å². The molecule has 1 N–H and O–H groups in total. The third-order valence-corrected chi connectivity index (χ3v) is 1.70. The number of benzene rings is 1. The van der Waals surface area contributed by atoms with E-state index >= 15 is 0 Å². The van der Waals surface area contributed by atoms with E-state index in [-0.39, 0.29) is 29.2 Å². The average molecular weight is 179 g/mol. The third kappa shape index (κ3) is 1.90. The van der Waals surface area contributed by atoms with Crippen molar-refractivity contribution in [2.24, 2.45) is 5.18 Å². The number of carbonyl (C=O) groups is 1. The minimum Gasteiger partial charge on any atom is -0.508 e. The molecule has 0 heterocycles. The van der Waals surface area contributed by atoms with E-state index in [0.717, 1.165) is 0 Å². The summed E-state index contributed by atoms with van der Waals surface area (Å²) in [7, 11) is 0. The molecule has 0 saturated heterocycles. The molecule has 0 aliphatic rings. The Balaban J connectivity index is 3.23. The summed E-state index contributed by atoms with van der Waals surface area (Å²) >= 11 is 0. The van der Waals surface area contributed by atoms with E-state index in [9.17, 15) is 9.70 Å². The molecule has 0 amide bonds. The van der Waals surface area contributed by atoms with Crippen LogP contribution in [0.3, 0.4) is 0 Å². The lowest BCUT2D eigenvalue weighted by Gasteiger charge is -2.00. The zero-order valence-corrected chi connectivity index (χ0v) is 7.15. The molecule has 1 aromatic rings. The van der Waals surface area contributed by atoms with E-state index < -0.39 is 0 Å². The van der Waals surface area contributed by atoms with Crippen molar-refractivity contribution in [1.29, 1.82) is 0 Å². The van der Waals surface area contributed by atoms with E-state index in [1.54, 1.807) is 6.92 Å². The number of aromatic hydroxyl groups is 1. The average Bonchev–Trinajstić information content (AvgIpc) is 2.16. The molecule has 4 nitrogen and oxygen atoms in total. The van der Waals surface area contributed by atoms with Gasteiger partial charge in [-0.2, -0.15) is 0 Å². The van der Waals surface area contributed by atoms with Gasteiger partial charge in [-0.3, -0.25) is 4.79 Å². The van der Waals surface area contributed by atoms with Crippen LogP contribution in [0.1, 0.15) is 23.7 Å². The van der Waals surface area contributed by atoms with E-state index in [1.807, 2.05) is 0 Å². The molecule has 0 spiro atoms. The summed E-state index contributed by atoms with van der Waals surface area (Å²) in [6.45, 7) is 1.68. The first-order valence-corrected chi connectivity index (χ1v) is 3.88. The molecule has 0 aromatic heterocycles. The summed E-state index contributed by atoms with van der Waals surface area (Å²) in [5.41, 5.74) is 0.252. The van der Waals surface area contributed by atoms with Crippen molar-refractivity contribution in [2.45, 2.75) is 13.3 Å². The van der Waals surface area contributed by atoms with Crippen LogP contribution in [0, 0.1) is 4.91 Å². The Kier molecular flexibility index (Phi) is 2.74. The molecule has 0 unspecified atom stereocenters. The number of rotatable bonds is 3. The lowest BCUT2D eigenvalue weighted by atomic mass is 10.1. The monoisotopic (exact) mass is 179 g/mol. The predicted octanol–water partition coefficient (Wildman–Crippen LogP) is 2.38. The summed E-state index contributed by atoms with van der Waals surface area (Å²) in [5.74, 6) is -0.241. The van der Waals surface area contributed by atoms with E-state index in [4.69, 9.17) is 5.11 Å². The van der Waals surface area contributed by atoms with Crippen molar-refractivity contribution in [3.8, 4) is 5.75 Å². The highest BCUT2D eigenvalue weighted by Gasteiger charge is 2.10. The first-order chi connectivity index (χ1) is 6.19. The van der Waals surface area contributed by atoms with E-state index in [2.05, 4.69) is 5.18 Å². The van der Waals surface area contributed by atoms with Crippen LogP contribution in [0.25, 0.3) is 0 Å².